The van der Waals surface area contributed by atoms with Crippen molar-refractivity contribution in [3.63, 3.8) is 0 Å². The quantitative estimate of drug-likeness (QED) is 0.786. The van der Waals surface area contributed by atoms with Gasteiger partial charge < -0.3 is 10.1 Å². The zero-order valence-electron chi connectivity index (χ0n) is 12.2. The van der Waals surface area contributed by atoms with Gasteiger partial charge in [-0.05, 0) is 23.6 Å². The first-order chi connectivity index (χ1) is 10.1. The average Bonchev–Trinajstić information content (AvgIpc) is 2.87. The lowest BCUT2D eigenvalue weighted by Crippen LogP contribution is -2.02. The molecule has 3 aromatic rings. The van der Waals surface area contributed by atoms with E-state index in [4.69, 9.17) is 17.3 Å². The number of imidazole rings is 1. The minimum atomic E-state index is 0.419. The van der Waals surface area contributed by atoms with E-state index in [0.29, 0.717) is 17.5 Å². The van der Waals surface area contributed by atoms with Crippen molar-refractivity contribution < 1.29 is 0 Å². The molecule has 2 N–H and O–H groups in total. The number of aromatic nitrogens is 2. The highest BCUT2D eigenvalue weighted by Gasteiger charge is 2.14. The van der Waals surface area contributed by atoms with Gasteiger partial charge in [-0.3, -0.25) is 0 Å². The zero-order chi connectivity index (χ0) is 15.0. The Kier molecular flexibility index (Phi) is 3.70. The van der Waals surface area contributed by atoms with Gasteiger partial charge in [-0.15, -0.1) is 0 Å². The van der Waals surface area contributed by atoms with E-state index in [-0.39, 0.29) is 0 Å². The van der Waals surface area contributed by atoms with Crippen LogP contribution in [0.4, 0.5) is 0 Å². The van der Waals surface area contributed by atoms with Gasteiger partial charge in [0.1, 0.15) is 0 Å². The summed E-state index contributed by atoms with van der Waals surface area (Å²) in [7, 11) is 0. The van der Waals surface area contributed by atoms with Gasteiger partial charge >= 0.3 is 0 Å². The van der Waals surface area contributed by atoms with Gasteiger partial charge in [-0.25, -0.2) is 4.98 Å². The Balaban J connectivity index is 2.17. The summed E-state index contributed by atoms with van der Waals surface area (Å²) >= 11 is 6.23. The largest absolute Gasteiger partial charge is 0.325 e. The van der Waals surface area contributed by atoms with Crippen LogP contribution in [0.15, 0.2) is 42.6 Å². The molecule has 2 heterocycles. The number of hydrogen-bond acceptors (Lipinski definition) is 2. The summed E-state index contributed by atoms with van der Waals surface area (Å²) in [4.78, 5) is 4.68. The van der Waals surface area contributed by atoms with Gasteiger partial charge in [0.25, 0.3) is 0 Å². The van der Waals surface area contributed by atoms with E-state index in [2.05, 4.69) is 43.1 Å². The number of hydrogen-bond donors (Lipinski definition) is 1. The van der Waals surface area contributed by atoms with Crippen LogP contribution in [0.25, 0.3) is 16.9 Å². The van der Waals surface area contributed by atoms with Crippen molar-refractivity contribution in [2.45, 2.75) is 26.3 Å². The van der Waals surface area contributed by atoms with Crippen molar-refractivity contribution in [3.05, 3.63) is 58.9 Å². The maximum absolute atomic E-state index is 6.23. The Bertz CT molecular complexity index is 773. The molecule has 0 radical (unpaired) electrons. The molecule has 0 aliphatic rings. The lowest BCUT2D eigenvalue weighted by atomic mass is 10.0. The summed E-state index contributed by atoms with van der Waals surface area (Å²) in [5.41, 5.74) is 10.9. The maximum atomic E-state index is 6.23. The van der Waals surface area contributed by atoms with Crippen LogP contribution in [0.3, 0.4) is 0 Å². The summed E-state index contributed by atoms with van der Waals surface area (Å²) in [6.07, 6.45) is 1.95. The van der Waals surface area contributed by atoms with E-state index in [1.807, 2.05) is 22.7 Å². The SMILES string of the molecule is CC(C)c1ccc(-c2nc3c(Cl)cccn3c2CN)cc1. The molecule has 0 unspecified atom stereocenters. The number of rotatable bonds is 3. The fourth-order valence-electron chi connectivity index (χ4n) is 2.54. The molecule has 108 valence electrons. The summed E-state index contributed by atoms with van der Waals surface area (Å²) in [6.45, 7) is 4.79. The van der Waals surface area contributed by atoms with Gasteiger partial charge in [0, 0.05) is 18.3 Å². The molecule has 0 saturated carbocycles. The molecule has 1 aromatic carbocycles. The third-order valence-corrected chi connectivity index (χ3v) is 4.04. The second kappa shape index (κ2) is 5.51. The van der Waals surface area contributed by atoms with Gasteiger partial charge in [0.05, 0.1) is 16.4 Å². The lowest BCUT2D eigenvalue weighted by molar-refractivity contribution is 0.867. The normalized spacial score (nSPS) is 11.5. The molecule has 3 nitrogen and oxygen atoms in total. The molecule has 0 spiro atoms. The molecule has 3 rings (SSSR count). The third-order valence-electron chi connectivity index (χ3n) is 3.75. The van der Waals surface area contributed by atoms with E-state index in [1.54, 1.807) is 0 Å². The fraction of sp³-hybridized carbons (Fsp3) is 0.235. The molecule has 0 aliphatic carbocycles. The predicted molar refractivity (Wildman–Crippen MR) is 87.6 cm³/mol. The number of pyridine rings is 1. The van der Waals surface area contributed by atoms with Crippen molar-refractivity contribution >= 4 is 17.2 Å². The molecule has 2 aromatic heterocycles. The van der Waals surface area contributed by atoms with Gasteiger partial charge in [-0.2, -0.15) is 0 Å². The number of benzene rings is 1. The summed E-state index contributed by atoms with van der Waals surface area (Å²) in [5.74, 6) is 0.517. The maximum Gasteiger partial charge on any atom is 0.156 e. The molecular weight excluding hydrogens is 282 g/mol. The van der Waals surface area contributed by atoms with E-state index < -0.39 is 0 Å². The molecular formula is C17H18ClN3. The molecule has 0 amide bonds. The smallest absolute Gasteiger partial charge is 0.156 e. The summed E-state index contributed by atoms with van der Waals surface area (Å²) < 4.78 is 1.97. The van der Waals surface area contributed by atoms with E-state index >= 15 is 0 Å². The highest BCUT2D eigenvalue weighted by atomic mass is 35.5. The average molecular weight is 300 g/mol. The van der Waals surface area contributed by atoms with Gasteiger partial charge in [-0.1, -0.05) is 49.7 Å². The van der Waals surface area contributed by atoms with Crippen LogP contribution < -0.4 is 5.73 Å². The van der Waals surface area contributed by atoms with Crippen molar-refractivity contribution in [3.8, 4) is 11.3 Å². The second-order valence-electron chi connectivity index (χ2n) is 5.44. The summed E-state index contributed by atoms with van der Waals surface area (Å²) in [5, 5.41) is 0.636. The van der Waals surface area contributed by atoms with E-state index in [1.165, 1.54) is 5.56 Å². The standard InChI is InChI=1S/C17H18ClN3/c1-11(2)12-5-7-13(8-6-12)16-15(10-19)21-9-3-4-14(18)17(21)20-16/h3-9,11H,10,19H2,1-2H3. The third kappa shape index (κ3) is 2.43. The Morgan fingerprint density at radius 2 is 1.90 bits per heavy atom. The van der Waals surface area contributed by atoms with Crippen LogP contribution in [-0.4, -0.2) is 9.38 Å². The zero-order valence-corrected chi connectivity index (χ0v) is 12.9. The van der Waals surface area contributed by atoms with Crippen LogP contribution >= 0.6 is 11.6 Å². The van der Waals surface area contributed by atoms with Crippen molar-refractivity contribution in [1.29, 1.82) is 0 Å². The minimum absolute atomic E-state index is 0.419. The topological polar surface area (TPSA) is 43.3 Å². The molecule has 0 saturated heterocycles. The number of nitrogens with two attached hydrogens (primary N) is 1. The Labute approximate surface area is 129 Å². The monoisotopic (exact) mass is 299 g/mol. The first-order valence-electron chi connectivity index (χ1n) is 7.07. The number of fused-ring (bicyclic) bond motifs is 1. The predicted octanol–water partition coefficient (Wildman–Crippen LogP) is 4.24. The van der Waals surface area contributed by atoms with Crippen LogP contribution in [-0.2, 0) is 6.54 Å². The molecule has 0 bridgehead atoms. The number of halogens is 1. The molecule has 21 heavy (non-hydrogen) atoms. The highest BCUT2D eigenvalue weighted by Crippen LogP contribution is 2.28. The highest BCUT2D eigenvalue weighted by molar-refractivity contribution is 6.33. The van der Waals surface area contributed by atoms with Crippen LogP contribution in [0.5, 0.6) is 0 Å². The first-order valence-corrected chi connectivity index (χ1v) is 7.45. The van der Waals surface area contributed by atoms with E-state index in [9.17, 15) is 0 Å². The molecule has 4 heteroatoms. The molecule has 0 aliphatic heterocycles. The Morgan fingerprint density at radius 3 is 2.52 bits per heavy atom. The van der Waals surface area contributed by atoms with Crippen LogP contribution in [0.1, 0.15) is 31.0 Å². The Hall–Kier alpha value is -1.84. The number of nitrogens with zero attached hydrogens (tertiary/aromatic N) is 2. The first kappa shape index (κ1) is 14.1. The van der Waals surface area contributed by atoms with Crippen molar-refractivity contribution in [2.75, 3.05) is 0 Å². The van der Waals surface area contributed by atoms with E-state index in [0.717, 1.165) is 22.6 Å². The van der Waals surface area contributed by atoms with Gasteiger partial charge in [0.2, 0.25) is 0 Å². The fourth-order valence-corrected chi connectivity index (χ4v) is 2.74. The van der Waals surface area contributed by atoms with Crippen LogP contribution in [0.2, 0.25) is 5.02 Å². The minimum Gasteiger partial charge on any atom is -0.325 e. The van der Waals surface area contributed by atoms with Crippen molar-refractivity contribution in [1.82, 2.24) is 9.38 Å². The van der Waals surface area contributed by atoms with Crippen molar-refractivity contribution in [2.24, 2.45) is 5.73 Å². The Morgan fingerprint density at radius 1 is 1.19 bits per heavy atom. The molecule has 0 fully saturated rings. The second-order valence-corrected chi connectivity index (χ2v) is 5.84. The summed E-state index contributed by atoms with van der Waals surface area (Å²) in [6, 6.07) is 12.2. The lowest BCUT2D eigenvalue weighted by Gasteiger charge is -2.07. The van der Waals surface area contributed by atoms with Gasteiger partial charge in [0.15, 0.2) is 5.65 Å². The van der Waals surface area contributed by atoms with Crippen LogP contribution in [0, 0.1) is 0 Å². The molecule has 0 atom stereocenters.